The number of halogens is 1. The molecular formula is C13H16BrN3O. The van der Waals surface area contributed by atoms with Gasteiger partial charge in [-0.05, 0) is 34.5 Å². The lowest BCUT2D eigenvalue weighted by Gasteiger charge is -2.20. The van der Waals surface area contributed by atoms with Gasteiger partial charge in [0.25, 0.3) is 0 Å². The summed E-state index contributed by atoms with van der Waals surface area (Å²) in [5, 5.41) is 0. The quantitative estimate of drug-likeness (QED) is 0.872. The van der Waals surface area contributed by atoms with Crippen molar-refractivity contribution in [2.24, 2.45) is 0 Å². The minimum absolute atomic E-state index is 0.120. The summed E-state index contributed by atoms with van der Waals surface area (Å²) in [6, 6.07) is 1.88. The molecule has 0 saturated heterocycles. The zero-order valence-corrected chi connectivity index (χ0v) is 12.5. The van der Waals surface area contributed by atoms with Gasteiger partial charge in [0.2, 0.25) is 0 Å². The van der Waals surface area contributed by atoms with Gasteiger partial charge in [-0.1, -0.05) is 20.8 Å². The summed E-state index contributed by atoms with van der Waals surface area (Å²) in [7, 11) is 0. The van der Waals surface area contributed by atoms with Crippen molar-refractivity contribution in [3.63, 3.8) is 0 Å². The molecule has 0 saturated carbocycles. The number of hydrogen-bond donors (Lipinski definition) is 1. The third-order valence-corrected chi connectivity index (χ3v) is 3.43. The Morgan fingerprint density at radius 3 is 2.44 bits per heavy atom. The van der Waals surface area contributed by atoms with E-state index in [0.29, 0.717) is 17.4 Å². The van der Waals surface area contributed by atoms with Crippen LogP contribution in [0.4, 0.5) is 5.82 Å². The molecule has 0 spiro atoms. The van der Waals surface area contributed by atoms with Gasteiger partial charge in [-0.2, -0.15) is 0 Å². The first-order valence-electron chi connectivity index (χ1n) is 5.68. The van der Waals surface area contributed by atoms with Crippen LogP contribution in [0.5, 0.6) is 0 Å². The Bertz CT molecular complexity index is 584. The fourth-order valence-electron chi connectivity index (χ4n) is 1.66. The normalized spacial score (nSPS) is 11.8. The van der Waals surface area contributed by atoms with Crippen LogP contribution < -0.4 is 5.73 Å². The molecule has 96 valence electrons. The highest BCUT2D eigenvalue weighted by atomic mass is 79.9. The predicted octanol–water partition coefficient (Wildman–Crippen LogP) is 3.69. The van der Waals surface area contributed by atoms with Crippen LogP contribution in [-0.4, -0.2) is 9.97 Å². The van der Waals surface area contributed by atoms with Crippen molar-refractivity contribution in [1.29, 1.82) is 0 Å². The maximum atomic E-state index is 5.93. The van der Waals surface area contributed by atoms with Gasteiger partial charge in [-0.3, -0.25) is 0 Å². The van der Waals surface area contributed by atoms with Gasteiger partial charge in [0.15, 0.2) is 11.6 Å². The van der Waals surface area contributed by atoms with E-state index in [1.807, 2.05) is 13.0 Å². The molecule has 0 aliphatic rings. The standard InChI is InChI=1S/C13H16BrN3O/c1-7-5-6-18-9(7)12-16-10(13(2,3)4)8(14)11(15)17-12/h5-6H,1-4H3,(H2,15,16,17). The minimum atomic E-state index is -0.120. The van der Waals surface area contributed by atoms with E-state index in [2.05, 4.69) is 46.7 Å². The lowest BCUT2D eigenvalue weighted by atomic mass is 9.92. The van der Waals surface area contributed by atoms with Crippen molar-refractivity contribution in [2.45, 2.75) is 33.1 Å². The Hall–Kier alpha value is -1.36. The van der Waals surface area contributed by atoms with Crippen LogP contribution in [0.25, 0.3) is 11.6 Å². The molecule has 2 aromatic rings. The molecule has 18 heavy (non-hydrogen) atoms. The second-order valence-electron chi connectivity index (χ2n) is 5.28. The molecule has 0 aliphatic carbocycles. The van der Waals surface area contributed by atoms with Crippen molar-refractivity contribution in [2.75, 3.05) is 5.73 Å². The third kappa shape index (κ3) is 2.27. The summed E-state index contributed by atoms with van der Waals surface area (Å²) in [6.07, 6.45) is 1.63. The van der Waals surface area contributed by atoms with Gasteiger partial charge in [0.05, 0.1) is 16.4 Å². The van der Waals surface area contributed by atoms with Gasteiger partial charge < -0.3 is 10.2 Å². The maximum Gasteiger partial charge on any atom is 0.198 e. The van der Waals surface area contributed by atoms with Crippen molar-refractivity contribution in [3.8, 4) is 11.6 Å². The van der Waals surface area contributed by atoms with Crippen molar-refractivity contribution in [1.82, 2.24) is 9.97 Å². The van der Waals surface area contributed by atoms with Crippen LogP contribution in [-0.2, 0) is 5.41 Å². The number of nitrogen functional groups attached to an aromatic ring is 1. The number of nitrogens with two attached hydrogens (primary N) is 1. The average molecular weight is 310 g/mol. The fraction of sp³-hybridized carbons (Fsp3) is 0.385. The monoisotopic (exact) mass is 309 g/mol. The largest absolute Gasteiger partial charge is 0.461 e. The number of anilines is 1. The first-order valence-corrected chi connectivity index (χ1v) is 6.48. The molecule has 0 unspecified atom stereocenters. The number of furan rings is 1. The fourth-order valence-corrected chi connectivity index (χ4v) is 2.44. The summed E-state index contributed by atoms with van der Waals surface area (Å²) in [4.78, 5) is 8.85. The van der Waals surface area contributed by atoms with Gasteiger partial charge in [-0.15, -0.1) is 0 Å². The van der Waals surface area contributed by atoms with E-state index in [1.165, 1.54) is 0 Å². The summed E-state index contributed by atoms with van der Waals surface area (Å²) in [6.45, 7) is 8.20. The molecule has 5 heteroatoms. The van der Waals surface area contributed by atoms with E-state index in [0.717, 1.165) is 15.7 Å². The molecule has 0 aliphatic heterocycles. The van der Waals surface area contributed by atoms with E-state index in [9.17, 15) is 0 Å². The van der Waals surface area contributed by atoms with Gasteiger partial charge >= 0.3 is 0 Å². The van der Waals surface area contributed by atoms with Crippen molar-refractivity contribution in [3.05, 3.63) is 28.1 Å². The van der Waals surface area contributed by atoms with E-state index in [4.69, 9.17) is 10.2 Å². The molecule has 0 aromatic carbocycles. The third-order valence-electron chi connectivity index (χ3n) is 2.65. The lowest BCUT2D eigenvalue weighted by molar-refractivity contribution is 0.554. The van der Waals surface area contributed by atoms with Crippen LogP contribution in [0.15, 0.2) is 21.2 Å². The summed E-state index contributed by atoms with van der Waals surface area (Å²) < 4.78 is 6.17. The summed E-state index contributed by atoms with van der Waals surface area (Å²) in [5.41, 5.74) is 7.69. The molecule has 0 radical (unpaired) electrons. The van der Waals surface area contributed by atoms with E-state index >= 15 is 0 Å². The molecule has 0 bridgehead atoms. The molecule has 2 aromatic heterocycles. The smallest absolute Gasteiger partial charge is 0.198 e. The molecule has 2 N–H and O–H groups in total. The van der Waals surface area contributed by atoms with Crippen LogP contribution in [0.2, 0.25) is 0 Å². The van der Waals surface area contributed by atoms with Gasteiger partial charge in [0.1, 0.15) is 5.82 Å². The molecule has 4 nitrogen and oxygen atoms in total. The first kappa shape index (κ1) is 13.1. The molecule has 0 amide bonds. The molecule has 0 fully saturated rings. The summed E-state index contributed by atoms with van der Waals surface area (Å²) >= 11 is 3.45. The highest BCUT2D eigenvalue weighted by Crippen LogP contribution is 2.33. The number of rotatable bonds is 1. The second-order valence-corrected chi connectivity index (χ2v) is 6.07. The lowest BCUT2D eigenvalue weighted by Crippen LogP contribution is -2.17. The van der Waals surface area contributed by atoms with Crippen molar-refractivity contribution >= 4 is 21.7 Å². The van der Waals surface area contributed by atoms with Crippen molar-refractivity contribution < 1.29 is 4.42 Å². The maximum absolute atomic E-state index is 5.93. The second kappa shape index (κ2) is 4.39. The molecule has 2 heterocycles. The Labute approximate surface area is 115 Å². The van der Waals surface area contributed by atoms with Crippen LogP contribution in [0.1, 0.15) is 32.0 Å². The highest BCUT2D eigenvalue weighted by Gasteiger charge is 2.23. The zero-order chi connectivity index (χ0) is 13.5. The number of aromatic nitrogens is 2. The van der Waals surface area contributed by atoms with E-state index in [1.54, 1.807) is 6.26 Å². The number of nitrogens with zero attached hydrogens (tertiary/aromatic N) is 2. The summed E-state index contributed by atoms with van der Waals surface area (Å²) in [5.74, 6) is 1.63. The first-order chi connectivity index (χ1) is 8.30. The Morgan fingerprint density at radius 1 is 1.28 bits per heavy atom. The molecule has 2 rings (SSSR count). The highest BCUT2D eigenvalue weighted by molar-refractivity contribution is 9.10. The van der Waals surface area contributed by atoms with Crippen LogP contribution in [0, 0.1) is 6.92 Å². The van der Waals surface area contributed by atoms with Gasteiger partial charge in [0, 0.05) is 5.41 Å². The zero-order valence-electron chi connectivity index (χ0n) is 10.9. The van der Waals surface area contributed by atoms with Crippen LogP contribution in [0.3, 0.4) is 0 Å². The Balaban J connectivity index is 2.66. The SMILES string of the molecule is Cc1ccoc1-c1nc(N)c(Br)c(C(C)(C)C)n1. The predicted molar refractivity (Wildman–Crippen MR) is 75.3 cm³/mol. The Kier molecular flexibility index (Phi) is 3.19. The molecule has 0 atom stereocenters. The average Bonchev–Trinajstić information content (AvgIpc) is 2.66. The minimum Gasteiger partial charge on any atom is -0.461 e. The van der Waals surface area contributed by atoms with E-state index in [-0.39, 0.29) is 5.41 Å². The van der Waals surface area contributed by atoms with Gasteiger partial charge in [-0.25, -0.2) is 9.97 Å². The number of hydrogen-bond acceptors (Lipinski definition) is 4. The van der Waals surface area contributed by atoms with Crippen LogP contribution >= 0.6 is 15.9 Å². The van der Waals surface area contributed by atoms with E-state index < -0.39 is 0 Å². The number of aryl methyl sites for hydroxylation is 1. The topological polar surface area (TPSA) is 64.9 Å². The Morgan fingerprint density at radius 2 is 1.94 bits per heavy atom. The molecular weight excluding hydrogens is 294 g/mol.